The fraction of sp³-hybridized carbons (Fsp3) is 0.182. The summed E-state index contributed by atoms with van der Waals surface area (Å²) in [5.41, 5.74) is 1.21. The molecule has 0 aromatic heterocycles. The standard InChI is InChI=1S/C11H11BrClNO2/c1-6(2)10(11(15)16)14-7-3-4-9(13)8(12)5-7/h3-5,10,14H,1H2,2H3,(H,15,16). The average Bonchev–Trinajstić information content (AvgIpc) is 2.18. The van der Waals surface area contributed by atoms with Crippen LogP contribution in [-0.4, -0.2) is 17.1 Å². The number of carbonyl (C=O) groups is 1. The summed E-state index contributed by atoms with van der Waals surface area (Å²) in [6.07, 6.45) is 0. The van der Waals surface area contributed by atoms with E-state index in [1.807, 2.05) is 0 Å². The summed E-state index contributed by atoms with van der Waals surface area (Å²) in [7, 11) is 0. The van der Waals surface area contributed by atoms with E-state index in [0.29, 0.717) is 20.8 Å². The van der Waals surface area contributed by atoms with Crippen molar-refractivity contribution in [1.29, 1.82) is 0 Å². The minimum Gasteiger partial charge on any atom is -0.479 e. The summed E-state index contributed by atoms with van der Waals surface area (Å²) < 4.78 is 0.713. The highest BCUT2D eigenvalue weighted by molar-refractivity contribution is 9.10. The molecular weight excluding hydrogens is 293 g/mol. The van der Waals surface area contributed by atoms with Crippen LogP contribution in [0.1, 0.15) is 6.92 Å². The predicted octanol–water partition coefficient (Wildman–Crippen LogP) is 3.54. The van der Waals surface area contributed by atoms with E-state index in [-0.39, 0.29) is 0 Å². The van der Waals surface area contributed by atoms with Crippen LogP contribution in [0.25, 0.3) is 0 Å². The van der Waals surface area contributed by atoms with Gasteiger partial charge < -0.3 is 10.4 Å². The maximum Gasteiger partial charge on any atom is 0.330 e. The number of nitrogens with one attached hydrogen (secondary N) is 1. The monoisotopic (exact) mass is 303 g/mol. The normalized spacial score (nSPS) is 11.9. The van der Waals surface area contributed by atoms with Gasteiger partial charge in [-0.25, -0.2) is 4.79 Å². The van der Waals surface area contributed by atoms with Crippen molar-refractivity contribution in [1.82, 2.24) is 0 Å². The van der Waals surface area contributed by atoms with Crippen molar-refractivity contribution in [3.05, 3.63) is 39.8 Å². The molecule has 0 aliphatic carbocycles. The van der Waals surface area contributed by atoms with E-state index in [1.165, 1.54) is 0 Å². The molecule has 0 saturated carbocycles. The Balaban J connectivity index is 2.90. The molecule has 2 N–H and O–H groups in total. The van der Waals surface area contributed by atoms with Gasteiger partial charge in [-0.1, -0.05) is 18.2 Å². The lowest BCUT2D eigenvalue weighted by Gasteiger charge is -2.16. The van der Waals surface area contributed by atoms with Gasteiger partial charge in [0.15, 0.2) is 0 Å². The lowest BCUT2D eigenvalue weighted by Crippen LogP contribution is -2.29. The fourth-order valence-corrected chi connectivity index (χ4v) is 1.64. The third-order valence-electron chi connectivity index (χ3n) is 1.97. The molecule has 1 aromatic carbocycles. The number of halogens is 2. The SMILES string of the molecule is C=C(C)C(Nc1ccc(Cl)c(Br)c1)C(=O)O. The smallest absolute Gasteiger partial charge is 0.330 e. The van der Waals surface area contributed by atoms with Gasteiger partial charge in [-0.15, -0.1) is 0 Å². The van der Waals surface area contributed by atoms with Crippen molar-refractivity contribution >= 4 is 39.2 Å². The quantitative estimate of drug-likeness (QED) is 0.836. The predicted molar refractivity (Wildman–Crippen MR) is 69.0 cm³/mol. The Labute approximate surface area is 107 Å². The molecular formula is C11H11BrClNO2. The first kappa shape index (κ1) is 13.1. The number of rotatable bonds is 4. The van der Waals surface area contributed by atoms with E-state index in [1.54, 1.807) is 25.1 Å². The molecule has 0 heterocycles. The van der Waals surface area contributed by atoms with E-state index in [4.69, 9.17) is 16.7 Å². The molecule has 0 aliphatic rings. The van der Waals surface area contributed by atoms with Gasteiger partial charge in [0.05, 0.1) is 5.02 Å². The number of anilines is 1. The third kappa shape index (κ3) is 3.25. The molecule has 1 atom stereocenters. The molecule has 0 spiro atoms. The number of hydrogen-bond acceptors (Lipinski definition) is 2. The molecule has 1 unspecified atom stereocenters. The summed E-state index contributed by atoms with van der Waals surface area (Å²) in [4.78, 5) is 10.9. The second kappa shape index (κ2) is 5.37. The van der Waals surface area contributed by atoms with Crippen LogP contribution in [0, 0.1) is 0 Å². The van der Waals surface area contributed by atoms with Crippen molar-refractivity contribution in [3.8, 4) is 0 Å². The first-order valence-electron chi connectivity index (χ1n) is 4.51. The zero-order valence-electron chi connectivity index (χ0n) is 8.63. The van der Waals surface area contributed by atoms with Crippen molar-refractivity contribution in [2.45, 2.75) is 13.0 Å². The lowest BCUT2D eigenvalue weighted by atomic mass is 10.1. The van der Waals surface area contributed by atoms with Crippen LogP contribution in [0.2, 0.25) is 5.02 Å². The van der Waals surface area contributed by atoms with Crippen LogP contribution in [0.15, 0.2) is 34.8 Å². The molecule has 0 saturated heterocycles. The maximum atomic E-state index is 10.9. The zero-order chi connectivity index (χ0) is 12.3. The lowest BCUT2D eigenvalue weighted by molar-refractivity contribution is -0.137. The van der Waals surface area contributed by atoms with Crippen LogP contribution in [-0.2, 0) is 4.79 Å². The second-order valence-corrected chi connectivity index (χ2v) is 4.65. The van der Waals surface area contributed by atoms with Crippen molar-refractivity contribution in [3.63, 3.8) is 0 Å². The van der Waals surface area contributed by atoms with Gasteiger partial charge in [0.2, 0.25) is 0 Å². The van der Waals surface area contributed by atoms with Crippen LogP contribution < -0.4 is 5.32 Å². The molecule has 0 amide bonds. The van der Waals surface area contributed by atoms with Crippen LogP contribution in [0.5, 0.6) is 0 Å². The summed E-state index contributed by atoms with van der Waals surface area (Å²) in [6, 6.07) is 4.33. The second-order valence-electron chi connectivity index (χ2n) is 3.39. The molecule has 16 heavy (non-hydrogen) atoms. The van der Waals surface area contributed by atoms with E-state index in [0.717, 1.165) is 0 Å². The maximum absolute atomic E-state index is 10.9. The van der Waals surface area contributed by atoms with Gasteiger partial charge in [0.1, 0.15) is 6.04 Å². The van der Waals surface area contributed by atoms with Gasteiger partial charge in [0, 0.05) is 10.2 Å². The topological polar surface area (TPSA) is 49.3 Å². The van der Waals surface area contributed by atoms with E-state index in [2.05, 4.69) is 27.8 Å². The van der Waals surface area contributed by atoms with Crippen molar-refractivity contribution < 1.29 is 9.90 Å². The minimum atomic E-state index is -0.960. The molecule has 1 aromatic rings. The Kier molecular flexibility index (Phi) is 4.38. The number of benzene rings is 1. The van der Waals surface area contributed by atoms with Crippen molar-refractivity contribution in [2.75, 3.05) is 5.32 Å². The Hall–Kier alpha value is -1.00. The van der Waals surface area contributed by atoms with Crippen LogP contribution in [0.3, 0.4) is 0 Å². The van der Waals surface area contributed by atoms with Gasteiger partial charge in [-0.2, -0.15) is 0 Å². The molecule has 0 aliphatic heterocycles. The molecule has 0 bridgehead atoms. The van der Waals surface area contributed by atoms with E-state index in [9.17, 15) is 4.79 Å². The Morgan fingerprint density at radius 3 is 2.69 bits per heavy atom. The largest absolute Gasteiger partial charge is 0.479 e. The fourth-order valence-electron chi connectivity index (χ4n) is 1.15. The highest BCUT2D eigenvalue weighted by Gasteiger charge is 2.17. The molecule has 3 nitrogen and oxygen atoms in total. The van der Waals surface area contributed by atoms with Crippen LogP contribution in [0.4, 0.5) is 5.69 Å². The minimum absolute atomic E-state index is 0.540. The summed E-state index contributed by atoms with van der Waals surface area (Å²) >= 11 is 9.10. The first-order valence-corrected chi connectivity index (χ1v) is 5.68. The van der Waals surface area contributed by atoms with Gasteiger partial charge in [0.25, 0.3) is 0 Å². The number of carboxylic acids is 1. The zero-order valence-corrected chi connectivity index (χ0v) is 11.0. The highest BCUT2D eigenvalue weighted by atomic mass is 79.9. The summed E-state index contributed by atoms with van der Waals surface area (Å²) in [6.45, 7) is 5.30. The Bertz CT molecular complexity index is 420. The molecule has 86 valence electrons. The number of hydrogen-bond donors (Lipinski definition) is 2. The molecule has 0 radical (unpaired) electrons. The van der Waals surface area contributed by atoms with E-state index >= 15 is 0 Å². The Morgan fingerprint density at radius 2 is 2.25 bits per heavy atom. The number of carboxylic acid groups (broad SMARTS) is 1. The highest BCUT2D eigenvalue weighted by Crippen LogP contribution is 2.26. The van der Waals surface area contributed by atoms with E-state index < -0.39 is 12.0 Å². The third-order valence-corrected chi connectivity index (χ3v) is 3.18. The Morgan fingerprint density at radius 1 is 1.62 bits per heavy atom. The first-order chi connectivity index (χ1) is 7.41. The van der Waals surface area contributed by atoms with Gasteiger partial charge >= 0.3 is 5.97 Å². The molecule has 5 heteroatoms. The van der Waals surface area contributed by atoms with Gasteiger partial charge in [-0.3, -0.25) is 0 Å². The number of aliphatic carboxylic acids is 1. The van der Waals surface area contributed by atoms with Crippen LogP contribution >= 0.6 is 27.5 Å². The average molecular weight is 305 g/mol. The molecule has 0 fully saturated rings. The summed E-state index contributed by atoms with van der Waals surface area (Å²) in [5, 5.41) is 12.4. The van der Waals surface area contributed by atoms with Gasteiger partial charge in [-0.05, 0) is 46.6 Å². The summed E-state index contributed by atoms with van der Waals surface area (Å²) in [5.74, 6) is -0.960. The van der Waals surface area contributed by atoms with Crippen molar-refractivity contribution in [2.24, 2.45) is 0 Å². The molecule has 1 rings (SSSR count).